The lowest BCUT2D eigenvalue weighted by Gasteiger charge is -2.21. The number of aliphatic carboxylic acids is 1. The first-order valence-electron chi connectivity index (χ1n) is 8.11. The predicted octanol–water partition coefficient (Wildman–Crippen LogP) is 2.15. The maximum atomic E-state index is 12.5. The Labute approximate surface area is 141 Å². The van der Waals surface area contributed by atoms with Gasteiger partial charge in [-0.25, -0.2) is 4.79 Å². The predicted molar refractivity (Wildman–Crippen MR) is 89.9 cm³/mol. The van der Waals surface area contributed by atoms with Crippen molar-refractivity contribution < 1.29 is 19.5 Å². The third kappa shape index (κ3) is 4.34. The van der Waals surface area contributed by atoms with Gasteiger partial charge in [-0.05, 0) is 42.5 Å². The second kappa shape index (κ2) is 7.03. The van der Waals surface area contributed by atoms with Gasteiger partial charge < -0.3 is 15.3 Å². The van der Waals surface area contributed by atoms with Gasteiger partial charge in [-0.2, -0.15) is 0 Å². The van der Waals surface area contributed by atoms with E-state index in [0.717, 1.165) is 0 Å². The van der Waals surface area contributed by atoms with Gasteiger partial charge in [0.25, 0.3) is 11.8 Å². The van der Waals surface area contributed by atoms with Crippen LogP contribution in [0.15, 0.2) is 24.3 Å². The van der Waals surface area contributed by atoms with Crippen molar-refractivity contribution in [1.29, 1.82) is 0 Å². The van der Waals surface area contributed by atoms with Crippen LogP contribution in [0.2, 0.25) is 0 Å². The molecule has 0 unspecified atom stereocenters. The van der Waals surface area contributed by atoms with Crippen LogP contribution in [0.5, 0.6) is 0 Å². The maximum Gasteiger partial charge on any atom is 0.326 e. The van der Waals surface area contributed by atoms with E-state index in [9.17, 15) is 19.5 Å². The number of benzene rings is 1. The summed E-state index contributed by atoms with van der Waals surface area (Å²) in [5, 5.41) is 12.0. The molecule has 0 spiro atoms. The van der Waals surface area contributed by atoms with E-state index in [4.69, 9.17) is 0 Å². The van der Waals surface area contributed by atoms with E-state index < -0.39 is 12.0 Å². The molecule has 24 heavy (non-hydrogen) atoms. The van der Waals surface area contributed by atoms with Gasteiger partial charge in [0.1, 0.15) is 6.04 Å². The average Bonchev–Trinajstić information content (AvgIpc) is 3.01. The van der Waals surface area contributed by atoms with Gasteiger partial charge in [0.2, 0.25) is 0 Å². The van der Waals surface area contributed by atoms with Crippen LogP contribution in [0, 0.1) is 5.41 Å². The van der Waals surface area contributed by atoms with E-state index >= 15 is 0 Å². The van der Waals surface area contributed by atoms with Gasteiger partial charge in [-0.3, -0.25) is 9.59 Å². The van der Waals surface area contributed by atoms with Gasteiger partial charge in [0, 0.05) is 24.2 Å². The number of nitrogens with zero attached hydrogens (tertiary/aromatic N) is 1. The maximum absolute atomic E-state index is 12.5. The van der Waals surface area contributed by atoms with Crippen molar-refractivity contribution in [2.75, 3.05) is 13.1 Å². The summed E-state index contributed by atoms with van der Waals surface area (Å²) in [6.45, 7) is 7.10. The third-order valence-corrected chi connectivity index (χ3v) is 3.97. The quantitative estimate of drug-likeness (QED) is 0.884. The molecule has 1 aromatic rings. The number of carboxylic acids is 1. The number of rotatable bonds is 4. The Morgan fingerprint density at radius 3 is 2.29 bits per heavy atom. The highest BCUT2D eigenvalue weighted by Crippen LogP contribution is 2.20. The van der Waals surface area contributed by atoms with Crippen molar-refractivity contribution >= 4 is 17.8 Å². The summed E-state index contributed by atoms with van der Waals surface area (Å²) in [5.74, 6) is -1.46. The number of hydrogen-bond donors (Lipinski definition) is 2. The fourth-order valence-electron chi connectivity index (χ4n) is 2.64. The number of hydrogen-bond acceptors (Lipinski definition) is 3. The lowest BCUT2D eigenvalue weighted by molar-refractivity contribution is -0.141. The van der Waals surface area contributed by atoms with Crippen LogP contribution >= 0.6 is 0 Å². The summed E-state index contributed by atoms with van der Waals surface area (Å²) >= 11 is 0. The molecule has 0 aliphatic carbocycles. The summed E-state index contributed by atoms with van der Waals surface area (Å²) in [5.41, 5.74) is 0.871. The fraction of sp³-hybridized carbons (Fsp3) is 0.500. The third-order valence-electron chi connectivity index (χ3n) is 3.97. The number of likely N-dealkylation sites (tertiary alicyclic amines) is 1. The van der Waals surface area contributed by atoms with E-state index in [1.807, 2.05) is 20.8 Å². The van der Waals surface area contributed by atoms with Crippen LogP contribution in [0.1, 0.15) is 54.3 Å². The molecule has 1 heterocycles. The molecule has 2 N–H and O–H groups in total. The van der Waals surface area contributed by atoms with Gasteiger partial charge in [0.15, 0.2) is 0 Å². The molecule has 0 saturated carbocycles. The molecule has 1 saturated heterocycles. The number of carboxylic acid groups (broad SMARTS) is 1. The number of carbonyl (C=O) groups is 3. The molecule has 1 atom stereocenters. The Balaban J connectivity index is 2.05. The van der Waals surface area contributed by atoms with E-state index in [-0.39, 0.29) is 17.2 Å². The zero-order chi connectivity index (χ0) is 17.9. The van der Waals surface area contributed by atoms with Crippen molar-refractivity contribution in [2.45, 2.75) is 39.7 Å². The van der Waals surface area contributed by atoms with Crippen LogP contribution in [-0.4, -0.2) is 46.9 Å². The number of carbonyl (C=O) groups excluding carboxylic acids is 2. The van der Waals surface area contributed by atoms with Gasteiger partial charge >= 0.3 is 5.97 Å². The van der Waals surface area contributed by atoms with Crippen LogP contribution in [0.25, 0.3) is 0 Å². The molecular weight excluding hydrogens is 308 g/mol. The lowest BCUT2D eigenvalue weighted by atomic mass is 9.97. The fourth-order valence-corrected chi connectivity index (χ4v) is 2.64. The molecule has 1 aromatic carbocycles. The highest BCUT2D eigenvalue weighted by Gasteiger charge is 2.34. The molecular formula is C18H24N2O4. The average molecular weight is 332 g/mol. The first-order valence-corrected chi connectivity index (χ1v) is 8.11. The Hall–Kier alpha value is -2.37. The second-order valence-electron chi connectivity index (χ2n) is 7.32. The van der Waals surface area contributed by atoms with Gasteiger partial charge in [0.05, 0.1) is 0 Å². The first-order chi connectivity index (χ1) is 11.2. The Morgan fingerprint density at radius 1 is 1.17 bits per heavy atom. The molecule has 0 bridgehead atoms. The van der Waals surface area contributed by atoms with Crippen LogP contribution in [-0.2, 0) is 4.79 Å². The molecule has 6 heteroatoms. The smallest absolute Gasteiger partial charge is 0.326 e. The Morgan fingerprint density at radius 2 is 1.75 bits per heavy atom. The standard InChI is InChI=1S/C18H24N2O4/c1-18(2,3)11-19-15(21)12-6-8-13(9-7-12)16(22)20-10-4-5-14(20)17(23)24/h6-9,14H,4-5,10-11H2,1-3H3,(H,19,21)(H,23,24)/t14-/m1/s1. The van der Waals surface area contributed by atoms with E-state index in [0.29, 0.717) is 37.1 Å². The van der Waals surface area contributed by atoms with Crippen molar-refractivity contribution in [3.8, 4) is 0 Å². The van der Waals surface area contributed by atoms with Crippen molar-refractivity contribution in [1.82, 2.24) is 10.2 Å². The molecule has 1 fully saturated rings. The van der Waals surface area contributed by atoms with Crippen LogP contribution in [0.4, 0.5) is 0 Å². The first kappa shape index (κ1) is 18.0. The summed E-state index contributed by atoms with van der Waals surface area (Å²) in [4.78, 5) is 37.1. The van der Waals surface area contributed by atoms with Crippen molar-refractivity contribution in [2.24, 2.45) is 5.41 Å². The normalized spacial score (nSPS) is 17.6. The molecule has 1 aliphatic rings. The van der Waals surface area contributed by atoms with E-state index in [2.05, 4.69) is 5.32 Å². The monoisotopic (exact) mass is 332 g/mol. The minimum absolute atomic E-state index is 0.00678. The van der Waals surface area contributed by atoms with Crippen LogP contribution < -0.4 is 5.32 Å². The Kier molecular flexibility index (Phi) is 5.26. The lowest BCUT2D eigenvalue weighted by Crippen LogP contribution is -2.40. The topological polar surface area (TPSA) is 86.7 Å². The molecule has 2 amide bonds. The zero-order valence-electron chi connectivity index (χ0n) is 14.3. The van der Waals surface area contributed by atoms with E-state index in [1.165, 1.54) is 4.90 Å². The summed E-state index contributed by atoms with van der Waals surface area (Å²) in [6, 6.07) is 5.58. The molecule has 2 rings (SSSR count). The largest absolute Gasteiger partial charge is 0.480 e. The van der Waals surface area contributed by atoms with Gasteiger partial charge in [-0.1, -0.05) is 20.8 Å². The zero-order valence-corrected chi connectivity index (χ0v) is 14.3. The highest BCUT2D eigenvalue weighted by atomic mass is 16.4. The number of nitrogens with one attached hydrogen (secondary N) is 1. The molecule has 1 aliphatic heterocycles. The van der Waals surface area contributed by atoms with Crippen molar-refractivity contribution in [3.05, 3.63) is 35.4 Å². The minimum atomic E-state index is -0.973. The molecule has 130 valence electrons. The SMILES string of the molecule is CC(C)(C)CNC(=O)c1ccc(C(=O)N2CCC[C@@H]2C(=O)O)cc1. The Bertz CT molecular complexity index is 631. The second-order valence-corrected chi connectivity index (χ2v) is 7.32. The molecule has 0 radical (unpaired) electrons. The van der Waals surface area contributed by atoms with E-state index in [1.54, 1.807) is 24.3 Å². The molecule has 0 aromatic heterocycles. The minimum Gasteiger partial charge on any atom is -0.480 e. The van der Waals surface area contributed by atoms with Crippen LogP contribution in [0.3, 0.4) is 0 Å². The van der Waals surface area contributed by atoms with Crippen molar-refractivity contribution in [3.63, 3.8) is 0 Å². The summed E-state index contributed by atoms with van der Waals surface area (Å²) in [7, 11) is 0. The van der Waals surface area contributed by atoms with Gasteiger partial charge in [-0.15, -0.1) is 0 Å². The highest BCUT2D eigenvalue weighted by molar-refractivity contribution is 5.99. The summed E-state index contributed by atoms with van der Waals surface area (Å²) < 4.78 is 0. The molecule has 6 nitrogen and oxygen atoms in total. The number of amides is 2. The summed E-state index contributed by atoms with van der Waals surface area (Å²) in [6.07, 6.45) is 1.17.